The van der Waals surface area contributed by atoms with Crippen LogP contribution in [-0.2, 0) is 4.74 Å². The fourth-order valence-corrected chi connectivity index (χ4v) is 1.62. The van der Waals surface area contributed by atoms with Gasteiger partial charge in [-0.25, -0.2) is 4.68 Å². The molecular formula is C8H11N3O5. The maximum absolute atomic E-state index is 10.4. The summed E-state index contributed by atoms with van der Waals surface area (Å²) in [5, 5.41) is 32.6. The zero-order chi connectivity index (χ0) is 11.7. The fraction of sp³-hybridized carbons (Fsp3) is 0.625. The maximum atomic E-state index is 10.4. The highest BCUT2D eigenvalue weighted by atomic mass is 16.6. The van der Waals surface area contributed by atoms with Crippen molar-refractivity contribution in [3.63, 3.8) is 0 Å². The van der Waals surface area contributed by atoms with Crippen LogP contribution in [0.15, 0.2) is 12.4 Å². The lowest BCUT2D eigenvalue weighted by Gasteiger charge is -2.11. The van der Waals surface area contributed by atoms with Gasteiger partial charge in [0.25, 0.3) is 0 Å². The van der Waals surface area contributed by atoms with E-state index in [1.807, 2.05) is 0 Å². The summed E-state index contributed by atoms with van der Waals surface area (Å²) in [6.45, 7) is -0.291. The van der Waals surface area contributed by atoms with E-state index in [4.69, 9.17) is 9.84 Å². The first kappa shape index (κ1) is 11.0. The molecule has 0 amide bonds. The first-order valence-corrected chi connectivity index (χ1v) is 4.74. The van der Waals surface area contributed by atoms with Crippen molar-refractivity contribution in [1.29, 1.82) is 0 Å². The van der Waals surface area contributed by atoms with Crippen LogP contribution in [-0.4, -0.2) is 43.7 Å². The van der Waals surface area contributed by atoms with Crippen molar-refractivity contribution >= 4 is 5.69 Å². The zero-order valence-electron chi connectivity index (χ0n) is 8.26. The van der Waals surface area contributed by atoms with Gasteiger partial charge in [0.15, 0.2) is 6.23 Å². The van der Waals surface area contributed by atoms with Crippen LogP contribution in [0.2, 0.25) is 0 Å². The van der Waals surface area contributed by atoms with Gasteiger partial charge >= 0.3 is 5.69 Å². The highest BCUT2D eigenvalue weighted by molar-refractivity contribution is 5.20. The van der Waals surface area contributed by atoms with Gasteiger partial charge in [-0.2, -0.15) is 5.10 Å². The molecule has 8 heteroatoms. The second-order valence-corrected chi connectivity index (χ2v) is 3.55. The summed E-state index contributed by atoms with van der Waals surface area (Å²) in [4.78, 5) is 9.88. The lowest BCUT2D eigenvalue weighted by atomic mass is 10.2. The Hall–Kier alpha value is -1.51. The van der Waals surface area contributed by atoms with Crippen molar-refractivity contribution in [2.75, 3.05) is 6.61 Å². The third-order valence-corrected chi connectivity index (χ3v) is 2.48. The molecule has 1 aliphatic rings. The Morgan fingerprint density at radius 1 is 1.75 bits per heavy atom. The number of hydrogen-bond donors (Lipinski definition) is 2. The van der Waals surface area contributed by atoms with Crippen LogP contribution in [0, 0.1) is 10.1 Å². The lowest BCUT2D eigenvalue weighted by molar-refractivity contribution is -0.385. The fourth-order valence-electron chi connectivity index (χ4n) is 1.62. The second kappa shape index (κ2) is 4.16. The van der Waals surface area contributed by atoms with Crippen LogP contribution in [0.4, 0.5) is 5.69 Å². The molecule has 1 aliphatic heterocycles. The summed E-state index contributed by atoms with van der Waals surface area (Å²) >= 11 is 0. The van der Waals surface area contributed by atoms with E-state index in [9.17, 15) is 15.2 Å². The summed E-state index contributed by atoms with van der Waals surface area (Å²) < 4.78 is 6.55. The minimum Gasteiger partial charge on any atom is -0.394 e. The number of nitro groups is 1. The van der Waals surface area contributed by atoms with E-state index >= 15 is 0 Å². The number of rotatable bonds is 3. The quantitative estimate of drug-likeness (QED) is 0.530. The van der Waals surface area contributed by atoms with Crippen LogP contribution >= 0.6 is 0 Å². The zero-order valence-corrected chi connectivity index (χ0v) is 8.26. The van der Waals surface area contributed by atoms with Gasteiger partial charge in [-0.1, -0.05) is 0 Å². The van der Waals surface area contributed by atoms with Crippen molar-refractivity contribution < 1.29 is 19.9 Å². The van der Waals surface area contributed by atoms with Crippen LogP contribution in [0.25, 0.3) is 0 Å². The Bertz CT molecular complexity index is 393. The standard InChI is InChI=1S/C8H11N3O5/c12-4-7-6(13)1-8(16-7)10-3-5(2-9-10)11(14)15/h2-3,6-8,12-13H,1,4H2/t6-,7+,8+/m0/s1. The van der Waals surface area contributed by atoms with E-state index < -0.39 is 23.4 Å². The van der Waals surface area contributed by atoms with Crippen molar-refractivity contribution in [3.05, 3.63) is 22.5 Å². The predicted molar refractivity (Wildman–Crippen MR) is 50.5 cm³/mol. The Labute approximate surface area is 90.2 Å². The average Bonchev–Trinajstić information content (AvgIpc) is 2.83. The largest absolute Gasteiger partial charge is 0.394 e. The minimum absolute atomic E-state index is 0.134. The molecule has 1 fully saturated rings. The van der Waals surface area contributed by atoms with Crippen molar-refractivity contribution in [2.24, 2.45) is 0 Å². The molecule has 1 aromatic rings. The van der Waals surface area contributed by atoms with Gasteiger partial charge in [-0.05, 0) is 0 Å². The van der Waals surface area contributed by atoms with E-state index in [-0.39, 0.29) is 18.7 Å². The van der Waals surface area contributed by atoms with Crippen molar-refractivity contribution in [3.8, 4) is 0 Å². The van der Waals surface area contributed by atoms with Crippen LogP contribution in [0.5, 0.6) is 0 Å². The SMILES string of the molecule is O=[N+]([O-])c1cnn([C@H]2C[C@H](O)[C@@H](CO)O2)c1. The van der Waals surface area contributed by atoms with Gasteiger partial charge in [0, 0.05) is 6.42 Å². The van der Waals surface area contributed by atoms with E-state index in [0.29, 0.717) is 0 Å². The highest BCUT2D eigenvalue weighted by Crippen LogP contribution is 2.28. The molecule has 1 saturated heterocycles. The molecule has 8 nitrogen and oxygen atoms in total. The van der Waals surface area contributed by atoms with Crippen molar-refractivity contribution in [1.82, 2.24) is 9.78 Å². The monoisotopic (exact) mass is 229 g/mol. The number of aliphatic hydroxyl groups is 2. The molecule has 2 N–H and O–H groups in total. The second-order valence-electron chi connectivity index (χ2n) is 3.55. The molecule has 2 heterocycles. The van der Waals surface area contributed by atoms with E-state index in [2.05, 4.69) is 5.10 Å². The topological polar surface area (TPSA) is 111 Å². The normalized spacial score (nSPS) is 29.5. The Kier molecular flexibility index (Phi) is 2.86. The van der Waals surface area contributed by atoms with E-state index in [1.165, 1.54) is 10.9 Å². The first-order valence-electron chi connectivity index (χ1n) is 4.74. The van der Waals surface area contributed by atoms with Crippen molar-refractivity contribution in [2.45, 2.75) is 24.9 Å². The van der Waals surface area contributed by atoms with Gasteiger partial charge in [0.2, 0.25) is 0 Å². The molecule has 2 rings (SSSR count). The van der Waals surface area contributed by atoms with E-state index in [1.54, 1.807) is 0 Å². The molecule has 88 valence electrons. The Balaban J connectivity index is 2.11. The Morgan fingerprint density at radius 3 is 3.00 bits per heavy atom. The molecule has 0 saturated carbocycles. The number of nitrogens with zero attached hydrogens (tertiary/aromatic N) is 3. The van der Waals surface area contributed by atoms with Crippen LogP contribution in [0.3, 0.4) is 0 Å². The molecule has 0 bridgehead atoms. The van der Waals surface area contributed by atoms with Gasteiger partial charge in [0.1, 0.15) is 18.5 Å². The molecule has 0 unspecified atom stereocenters. The highest BCUT2D eigenvalue weighted by Gasteiger charge is 2.35. The summed E-state index contributed by atoms with van der Waals surface area (Å²) in [6.07, 6.45) is 0.593. The molecule has 0 radical (unpaired) electrons. The third kappa shape index (κ3) is 1.90. The molecule has 1 aromatic heterocycles. The summed E-state index contributed by atoms with van der Waals surface area (Å²) in [7, 11) is 0. The Morgan fingerprint density at radius 2 is 2.50 bits per heavy atom. The smallest absolute Gasteiger partial charge is 0.307 e. The van der Waals surface area contributed by atoms with Gasteiger partial charge < -0.3 is 14.9 Å². The maximum Gasteiger partial charge on any atom is 0.307 e. The number of ether oxygens (including phenoxy) is 1. The molecule has 0 spiro atoms. The van der Waals surface area contributed by atoms with E-state index in [0.717, 1.165) is 6.20 Å². The van der Waals surface area contributed by atoms with Crippen LogP contribution in [0.1, 0.15) is 12.6 Å². The van der Waals surface area contributed by atoms with Gasteiger partial charge in [-0.15, -0.1) is 0 Å². The van der Waals surface area contributed by atoms with Gasteiger partial charge in [0.05, 0.1) is 17.6 Å². The molecule has 3 atom stereocenters. The molecule has 0 aliphatic carbocycles. The summed E-state index contributed by atoms with van der Waals surface area (Å²) in [5.74, 6) is 0. The number of aromatic nitrogens is 2. The number of aliphatic hydroxyl groups excluding tert-OH is 2. The third-order valence-electron chi connectivity index (χ3n) is 2.48. The molecule has 16 heavy (non-hydrogen) atoms. The predicted octanol–water partition coefficient (Wildman–Crippen LogP) is -0.568. The lowest BCUT2D eigenvalue weighted by Crippen LogP contribution is -2.24. The average molecular weight is 229 g/mol. The van der Waals surface area contributed by atoms with Crippen LogP contribution < -0.4 is 0 Å². The number of hydrogen-bond acceptors (Lipinski definition) is 6. The summed E-state index contributed by atoms with van der Waals surface area (Å²) in [5.41, 5.74) is -0.134. The van der Waals surface area contributed by atoms with Gasteiger partial charge in [-0.3, -0.25) is 10.1 Å². The first-order chi connectivity index (χ1) is 7.61. The molecular weight excluding hydrogens is 218 g/mol. The minimum atomic E-state index is -0.779. The summed E-state index contributed by atoms with van der Waals surface area (Å²) in [6, 6.07) is 0. The molecule has 0 aromatic carbocycles.